The third-order valence-electron chi connectivity index (χ3n) is 4.20. The van der Waals surface area contributed by atoms with Crippen molar-refractivity contribution >= 4 is 11.7 Å². The lowest BCUT2D eigenvalue weighted by Gasteiger charge is -2.08. The fourth-order valence-corrected chi connectivity index (χ4v) is 2.69. The molecule has 0 aliphatic heterocycles. The Morgan fingerprint density at radius 2 is 1.45 bits per heavy atom. The molecule has 0 atom stereocenters. The molecule has 1 heterocycles. The van der Waals surface area contributed by atoms with Crippen molar-refractivity contribution in [3.63, 3.8) is 0 Å². The number of anilines is 1. The Bertz CT molecular complexity index is 1090. The molecule has 0 radical (unpaired) electrons. The molecule has 29 heavy (non-hydrogen) atoms. The first-order chi connectivity index (χ1) is 14.2. The molecule has 0 unspecified atom stereocenters. The Balaban J connectivity index is 1.36. The zero-order valence-corrected chi connectivity index (χ0v) is 15.3. The van der Waals surface area contributed by atoms with E-state index in [0.717, 1.165) is 16.7 Å². The normalized spacial score (nSPS) is 10.5. The standard InChI is InChI=1S/C22H17FN4O2/c23-18-10-6-15(7-11-18)14-24-22(28)25-19-12-8-17(9-13-19)21-27-26-20(29-21)16-4-2-1-3-5-16/h1-13H,14H2,(H2,24,25,28). The van der Waals surface area contributed by atoms with Gasteiger partial charge >= 0.3 is 6.03 Å². The van der Waals surface area contributed by atoms with Gasteiger partial charge < -0.3 is 15.1 Å². The topological polar surface area (TPSA) is 80.0 Å². The van der Waals surface area contributed by atoms with E-state index in [0.29, 0.717) is 24.0 Å². The van der Waals surface area contributed by atoms with Gasteiger partial charge in [0.05, 0.1) is 0 Å². The highest BCUT2D eigenvalue weighted by Gasteiger charge is 2.10. The number of nitrogens with zero attached hydrogens (tertiary/aromatic N) is 2. The molecule has 144 valence electrons. The first-order valence-electron chi connectivity index (χ1n) is 8.96. The predicted octanol–water partition coefficient (Wildman–Crippen LogP) is 4.86. The summed E-state index contributed by atoms with van der Waals surface area (Å²) in [5.41, 5.74) is 3.02. The molecule has 0 bridgehead atoms. The summed E-state index contributed by atoms with van der Waals surface area (Å²) >= 11 is 0. The number of rotatable bonds is 5. The number of hydrogen-bond acceptors (Lipinski definition) is 4. The maximum atomic E-state index is 12.9. The maximum absolute atomic E-state index is 12.9. The molecule has 4 rings (SSSR count). The summed E-state index contributed by atoms with van der Waals surface area (Å²) in [5.74, 6) is 0.537. The van der Waals surface area contributed by atoms with Crippen LogP contribution in [0.1, 0.15) is 5.56 Å². The number of aromatic nitrogens is 2. The average molecular weight is 388 g/mol. The van der Waals surface area contributed by atoms with Crippen molar-refractivity contribution in [2.24, 2.45) is 0 Å². The van der Waals surface area contributed by atoms with Gasteiger partial charge in [-0.2, -0.15) is 0 Å². The summed E-state index contributed by atoms with van der Waals surface area (Å²) in [6.07, 6.45) is 0. The van der Waals surface area contributed by atoms with Gasteiger partial charge in [0.15, 0.2) is 0 Å². The number of urea groups is 1. The van der Waals surface area contributed by atoms with Crippen LogP contribution in [0.3, 0.4) is 0 Å². The maximum Gasteiger partial charge on any atom is 0.319 e. The van der Waals surface area contributed by atoms with E-state index in [4.69, 9.17) is 4.42 Å². The zero-order valence-electron chi connectivity index (χ0n) is 15.3. The van der Waals surface area contributed by atoms with Crippen molar-refractivity contribution in [1.82, 2.24) is 15.5 Å². The van der Waals surface area contributed by atoms with Crippen LogP contribution in [0.25, 0.3) is 22.9 Å². The van der Waals surface area contributed by atoms with Crippen LogP contribution >= 0.6 is 0 Å². The van der Waals surface area contributed by atoms with Crippen molar-refractivity contribution in [3.05, 3.63) is 90.2 Å². The second kappa shape index (κ2) is 8.35. The van der Waals surface area contributed by atoms with E-state index in [1.54, 1.807) is 36.4 Å². The Morgan fingerprint density at radius 3 is 2.10 bits per heavy atom. The summed E-state index contributed by atoms with van der Waals surface area (Å²) in [7, 11) is 0. The van der Waals surface area contributed by atoms with Gasteiger partial charge in [0, 0.05) is 23.4 Å². The SMILES string of the molecule is O=C(NCc1ccc(F)cc1)Nc1ccc(-c2nnc(-c3ccccc3)o2)cc1. The van der Waals surface area contributed by atoms with E-state index < -0.39 is 0 Å². The van der Waals surface area contributed by atoms with Gasteiger partial charge in [0.1, 0.15) is 5.82 Å². The number of nitrogens with one attached hydrogen (secondary N) is 2. The number of benzene rings is 3. The molecule has 2 amide bonds. The lowest BCUT2D eigenvalue weighted by atomic mass is 10.2. The molecule has 0 aliphatic carbocycles. The second-order valence-electron chi connectivity index (χ2n) is 6.29. The van der Waals surface area contributed by atoms with Crippen LogP contribution in [0.15, 0.2) is 83.3 Å². The van der Waals surface area contributed by atoms with Crippen LogP contribution in [0, 0.1) is 5.82 Å². The molecular weight excluding hydrogens is 371 g/mol. The van der Waals surface area contributed by atoms with E-state index in [2.05, 4.69) is 20.8 Å². The van der Waals surface area contributed by atoms with E-state index >= 15 is 0 Å². The molecule has 6 nitrogen and oxygen atoms in total. The highest BCUT2D eigenvalue weighted by atomic mass is 19.1. The Kier molecular flexibility index (Phi) is 5.29. The first kappa shape index (κ1) is 18.4. The molecular formula is C22H17FN4O2. The van der Waals surface area contributed by atoms with Crippen LogP contribution in [0.5, 0.6) is 0 Å². The molecule has 1 aromatic heterocycles. The van der Waals surface area contributed by atoms with Crippen molar-refractivity contribution in [2.75, 3.05) is 5.32 Å². The third kappa shape index (κ3) is 4.65. The van der Waals surface area contributed by atoms with Crippen molar-refractivity contribution in [3.8, 4) is 22.9 Å². The van der Waals surface area contributed by atoms with E-state index in [1.807, 2.05) is 30.3 Å². The van der Waals surface area contributed by atoms with Gasteiger partial charge in [-0.05, 0) is 54.1 Å². The number of carbonyl (C=O) groups excluding carboxylic acids is 1. The van der Waals surface area contributed by atoms with Crippen LogP contribution in [-0.2, 0) is 6.54 Å². The summed E-state index contributed by atoms with van der Waals surface area (Å²) in [4.78, 5) is 12.0. The predicted molar refractivity (Wildman–Crippen MR) is 107 cm³/mol. The molecule has 0 aliphatic rings. The molecule has 4 aromatic rings. The summed E-state index contributed by atoms with van der Waals surface area (Å²) in [6, 6.07) is 22.2. The lowest BCUT2D eigenvalue weighted by Crippen LogP contribution is -2.28. The summed E-state index contributed by atoms with van der Waals surface area (Å²) in [6.45, 7) is 0.300. The summed E-state index contributed by atoms with van der Waals surface area (Å²) < 4.78 is 18.6. The largest absolute Gasteiger partial charge is 0.416 e. The Labute approximate surface area is 166 Å². The lowest BCUT2D eigenvalue weighted by molar-refractivity contribution is 0.251. The molecule has 0 fully saturated rings. The third-order valence-corrected chi connectivity index (χ3v) is 4.20. The minimum atomic E-state index is -0.355. The second-order valence-corrected chi connectivity index (χ2v) is 6.29. The highest BCUT2D eigenvalue weighted by molar-refractivity contribution is 5.89. The van der Waals surface area contributed by atoms with E-state index in [9.17, 15) is 9.18 Å². The van der Waals surface area contributed by atoms with Gasteiger partial charge in [-0.25, -0.2) is 9.18 Å². The van der Waals surface area contributed by atoms with Crippen LogP contribution in [-0.4, -0.2) is 16.2 Å². The van der Waals surface area contributed by atoms with Gasteiger partial charge in [-0.15, -0.1) is 10.2 Å². The Morgan fingerprint density at radius 1 is 0.828 bits per heavy atom. The molecule has 0 spiro atoms. The minimum absolute atomic E-state index is 0.300. The molecule has 0 saturated carbocycles. The average Bonchev–Trinajstić information content (AvgIpc) is 3.25. The van der Waals surface area contributed by atoms with Gasteiger partial charge in [-0.3, -0.25) is 0 Å². The van der Waals surface area contributed by atoms with Crippen molar-refractivity contribution in [2.45, 2.75) is 6.54 Å². The smallest absolute Gasteiger partial charge is 0.319 e. The van der Waals surface area contributed by atoms with E-state index in [1.165, 1.54) is 12.1 Å². The van der Waals surface area contributed by atoms with Crippen molar-refractivity contribution < 1.29 is 13.6 Å². The molecule has 2 N–H and O–H groups in total. The molecule has 7 heteroatoms. The van der Waals surface area contributed by atoms with Gasteiger partial charge in [-0.1, -0.05) is 30.3 Å². The zero-order chi connectivity index (χ0) is 20.1. The number of halogens is 1. The van der Waals surface area contributed by atoms with Crippen molar-refractivity contribution in [1.29, 1.82) is 0 Å². The summed E-state index contributed by atoms with van der Waals surface area (Å²) in [5, 5.41) is 13.6. The minimum Gasteiger partial charge on any atom is -0.416 e. The monoisotopic (exact) mass is 388 g/mol. The number of amides is 2. The molecule has 3 aromatic carbocycles. The molecule has 0 saturated heterocycles. The van der Waals surface area contributed by atoms with Crippen LogP contribution < -0.4 is 10.6 Å². The highest BCUT2D eigenvalue weighted by Crippen LogP contribution is 2.24. The van der Waals surface area contributed by atoms with Crippen LogP contribution in [0.4, 0.5) is 14.9 Å². The van der Waals surface area contributed by atoms with E-state index in [-0.39, 0.29) is 11.8 Å². The fourth-order valence-electron chi connectivity index (χ4n) is 2.69. The number of hydrogen-bond donors (Lipinski definition) is 2. The van der Waals surface area contributed by atoms with Gasteiger partial charge in [0.2, 0.25) is 11.8 Å². The van der Waals surface area contributed by atoms with Gasteiger partial charge in [0.25, 0.3) is 0 Å². The number of carbonyl (C=O) groups is 1. The van der Waals surface area contributed by atoms with Crippen LogP contribution in [0.2, 0.25) is 0 Å². The Hall–Kier alpha value is -4.00. The first-order valence-corrected chi connectivity index (χ1v) is 8.96. The fraction of sp³-hybridized carbons (Fsp3) is 0.0455. The quantitative estimate of drug-likeness (QED) is 0.511.